The first-order valence-electron chi connectivity index (χ1n) is 23.3. The SMILES string of the molecule is C[N-]C(=O)C(C)C(CC#N)[C@H]1CC[C@@H](C)[C@H]1C.C[N-]C(=O)C(C)C(CC(N)=NO)[C@H]1CC[C@@H](C)[C@H]1C.C[N-]C(=O)C(C)C(Cc1noc(=O)[nH]1)[C@H]1CC[C@@H](C)[C@H]1C.[CH2-]C.[CH2-]C.[CH2-]C.[Y].[Y].[Y]. The first-order valence-corrected chi connectivity index (χ1v) is 23.3. The molecule has 3 aliphatic carbocycles. The van der Waals surface area contributed by atoms with Crippen molar-refractivity contribution in [2.24, 2.45) is 99.7 Å². The molecule has 3 radical (unpaired) electrons. The Labute approximate surface area is 477 Å². The monoisotopic (exact) mass is 1150 g/mol. The van der Waals surface area contributed by atoms with Gasteiger partial charge in [-0.15, -0.1) is 21.1 Å². The van der Waals surface area contributed by atoms with Crippen LogP contribution >= 0.6 is 0 Å². The first-order chi connectivity index (χ1) is 29.9. The van der Waals surface area contributed by atoms with E-state index in [0.717, 1.165) is 19.3 Å². The number of aromatic amines is 1. The molecule has 3 fully saturated rings. The van der Waals surface area contributed by atoms with Crippen molar-refractivity contribution in [1.29, 1.82) is 5.26 Å². The minimum atomic E-state index is -0.546. The number of amides is 3. The Balaban J connectivity index is -0.000000262. The summed E-state index contributed by atoms with van der Waals surface area (Å²) in [5.41, 5.74) is 5.66. The summed E-state index contributed by atoms with van der Waals surface area (Å²) >= 11 is 0. The summed E-state index contributed by atoms with van der Waals surface area (Å²) in [6.45, 7) is 34.3. The predicted octanol–water partition coefficient (Wildman–Crippen LogP) is 10.8. The maximum absolute atomic E-state index is 12.0. The summed E-state index contributed by atoms with van der Waals surface area (Å²) in [4.78, 5) is 49.3. The molecular formula is C49H88N8O6Y3-6. The predicted molar refractivity (Wildman–Crippen MR) is 256 cm³/mol. The Morgan fingerprint density at radius 3 is 1.33 bits per heavy atom. The van der Waals surface area contributed by atoms with Crippen LogP contribution in [0.15, 0.2) is 14.5 Å². The van der Waals surface area contributed by atoms with Crippen LogP contribution in [0.4, 0.5) is 0 Å². The minimum Gasteiger partial charge on any atom is -0.656 e. The van der Waals surface area contributed by atoms with Gasteiger partial charge in [-0.25, -0.2) is 4.79 Å². The zero-order chi connectivity index (χ0) is 49.1. The Morgan fingerprint density at radius 1 is 0.712 bits per heavy atom. The van der Waals surface area contributed by atoms with Gasteiger partial charge in [0.1, 0.15) is 5.84 Å². The van der Waals surface area contributed by atoms with Crippen molar-refractivity contribution < 1.29 is 122 Å². The molecule has 3 aliphatic rings. The molecule has 3 saturated carbocycles. The number of hydrogen-bond acceptors (Lipinski definition) is 9. The smallest absolute Gasteiger partial charge is 0.438 e. The fourth-order valence-electron chi connectivity index (χ4n) is 10.2. The first kappa shape index (κ1) is 74.4. The molecule has 0 aliphatic heterocycles. The number of oxime groups is 1. The van der Waals surface area contributed by atoms with Crippen LogP contribution < -0.4 is 11.5 Å². The van der Waals surface area contributed by atoms with Gasteiger partial charge in [0.05, 0.1) is 23.8 Å². The number of H-pyrrole nitrogens is 1. The van der Waals surface area contributed by atoms with E-state index >= 15 is 0 Å². The second kappa shape index (κ2) is 41.1. The number of carbonyl (C=O) groups is 3. The summed E-state index contributed by atoms with van der Waals surface area (Å²) in [6, 6.07) is 2.25. The van der Waals surface area contributed by atoms with Crippen LogP contribution in [0.3, 0.4) is 0 Å². The van der Waals surface area contributed by atoms with Gasteiger partial charge in [0, 0.05) is 135 Å². The molecule has 0 spiro atoms. The van der Waals surface area contributed by atoms with Crippen molar-refractivity contribution in [3.05, 3.63) is 53.1 Å². The second-order valence-corrected chi connectivity index (χ2v) is 17.7. The van der Waals surface area contributed by atoms with Crippen molar-refractivity contribution in [2.45, 2.75) is 141 Å². The Morgan fingerprint density at radius 2 is 1.05 bits per heavy atom. The number of rotatable bonds is 14. The summed E-state index contributed by atoms with van der Waals surface area (Å²) in [5, 5.41) is 35.9. The molecule has 4 rings (SSSR count). The molecule has 1 aromatic rings. The third-order valence-corrected chi connectivity index (χ3v) is 14.8. The van der Waals surface area contributed by atoms with E-state index in [1.807, 2.05) is 20.8 Å². The molecule has 4 N–H and O–H groups in total. The molecule has 14 nitrogen and oxygen atoms in total. The van der Waals surface area contributed by atoms with E-state index in [9.17, 15) is 19.2 Å². The minimum absolute atomic E-state index is 0. The van der Waals surface area contributed by atoms with Crippen molar-refractivity contribution >= 4 is 23.6 Å². The Kier molecular flexibility index (Phi) is 46.3. The Bertz CT molecular complexity index is 1560. The normalized spacial score (nSPS) is 26.3. The molecule has 17 heteroatoms. The Hall–Kier alpha value is -0.578. The van der Waals surface area contributed by atoms with Crippen molar-refractivity contribution in [2.75, 3.05) is 21.1 Å². The molecule has 0 aromatic carbocycles. The number of nitrogens with one attached hydrogen (secondary N) is 1. The van der Waals surface area contributed by atoms with E-state index in [4.69, 9.17) is 16.2 Å². The zero-order valence-electron chi connectivity index (χ0n) is 43.6. The van der Waals surface area contributed by atoms with Crippen LogP contribution in [0.2, 0.25) is 0 Å². The number of hydrogen-bond donors (Lipinski definition) is 3. The molecule has 0 bridgehead atoms. The number of nitrogens with two attached hydrogens (primary N) is 1. The summed E-state index contributed by atoms with van der Waals surface area (Å²) in [5.74, 6) is 5.04. The molecule has 1 heterocycles. The summed E-state index contributed by atoms with van der Waals surface area (Å²) in [6.07, 6.45) is 8.43. The second-order valence-electron chi connectivity index (χ2n) is 17.7. The van der Waals surface area contributed by atoms with E-state index in [0.29, 0.717) is 78.3 Å². The van der Waals surface area contributed by atoms with Crippen molar-refractivity contribution in [3.63, 3.8) is 0 Å². The van der Waals surface area contributed by atoms with Crippen molar-refractivity contribution in [3.8, 4) is 6.07 Å². The molecule has 15 atom stereocenters. The van der Waals surface area contributed by atoms with Crippen LogP contribution in [0, 0.1) is 121 Å². The topological polar surface area (TPSA) is 235 Å². The van der Waals surface area contributed by atoms with E-state index in [1.165, 1.54) is 33.4 Å². The third-order valence-electron chi connectivity index (χ3n) is 14.8. The van der Waals surface area contributed by atoms with Gasteiger partial charge in [0.25, 0.3) is 0 Å². The van der Waals surface area contributed by atoms with Crippen LogP contribution in [0.5, 0.6) is 0 Å². The standard InChI is InChI=1S/C15H25N3O3.C14H27N3O2.C14H24N2O.3C2H5.3Y/c1-8-5-6-11(9(8)2)12(10(3)14(19)16-4)7-13-17-15(20)21-18-13;1-8-5-6-11(9(8)2)12(7-13(15)17-19)10(3)14(18)16-4;1-9-5-6-12(10(9)2)13(7-8-15)11(3)14(17)16-4;3*1-2;;;/h8-12H,5-7H2,1-4H3,(H2,16,17,18,19,20);8-12H,5-7H2,1-4H3,(H4,15,16,17,18,19);9-13H,5-7H2,1-4H3,(H,16,17);3*1H2,2H3;;;/q;;;3*-1;;;/p-3/t2*8-,9-,10?,11+,12?;9-,10-,11?,12+,13?;;;;;;/m111....../s1. The van der Waals surface area contributed by atoms with Crippen LogP contribution in [0.1, 0.15) is 140 Å². The molecular weight excluding hydrogens is 1060 g/mol. The number of aromatic nitrogens is 2. The van der Waals surface area contributed by atoms with Crippen LogP contribution in [-0.4, -0.2) is 60.0 Å². The van der Waals surface area contributed by atoms with E-state index in [1.54, 1.807) is 27.8 Å². The fourth-order valence-corrected chi connectivity index (χ4v) is 10.2. The van der Waals surface area contributed by atoms with E-state index in [2.05, 4.69) is 104 Å². The molecule has 66 heavy (non-hydrogen) atoms. The van der Waals surface area contributed by atoms with Gasteiger partial charge in [0.2, 0.25) is 0 Å². The van der Waals surface area contributed by atoms with Gasteiger partial charge in [-0.05, 0) is 90.3 Å². The summed E-state index contributed by atoms with van der Waals surface area (Å²) in [7, 11) is 4.61. The zero-order valence-corrected chi connectivity index (χ0v) is 52.1. The van der Waals surface area contributed by atoms with E-state index in [-0.39, 0.29) is 157 Å². The average molecular weight is 1150 g/mol. The molecule has 1 aromatic heterocycles. The fraction of sp³-hybridized carbons (Fsp3) is 0.796. The number of nitriles is 1. The quantitative estimate of drug-likeness (QED) is 0.0527. The summed E-state index contributed by atoms with van der Waals surface area (Å²) < 4.78 is 4.57. The van der Waals surface area contributed by atoms with Gasteiger partial charge in [-0.3, -0.25) is 9.51 Å². The van der Waals surface area contributed by atoms with Crippen molar-refractivity contribution in [1.82, 2.24) is 10.1 Å². The number of carbonyl (C=O) groups excluding carboxylic acids is 3. The van der Waals surface area contributed by atoms with Gasteiger partial charge < -0.3 is 62.0 Å². The molecule has 375 valence electrons. The number of nitrogens with zero attached hydrogens (tertiary/aromatic N) is 6. The van der Waals surface area contributed by atoms with Gasteiger partial charge in [0.15, 0.2) is 5.82 Å². The molecule has 3 amide bonds. The largest absolute Gasteiger partial charge is 0.656 e. The molecule has 0 saturated heterocycles. The van der Waals surface area contributed by atoms with E-state index < -0.39 is 5.76 Å². The van der Waals surface area contributed by atoms with Crippen LogP contribution in [-0.2, 0) is 119 Å². The number of amidine groups is 1. The van der Waals surface area contributed by atoms with Gasteiger partial charge in [-0.1, -0.05) is 91.9 Å². The maximum atomic E-state index is 12.0. The average Bonchev–Trinajstić information content (AvgIpc) is 4.07. The van der Waals surface area contributed by atoms with Crippen LogP contribution in [0.25, 0.3) is 16.0 Å². The maximum Gasteiger partial charge on any atom is 0.438 e. The third kappa shape index (κ3) is 23.6. The van der Waals surface area contributed by atoms with Gasteiger partial charge in [-0.2, -0.15) is 26.0 Å². The molecule has 6 unspecified atom stereocenters. The van der Waals surface area contributed by atoms with Gasteiger partial charge >= 0.3 is 5.76 Å².